The molecule has 1 aromatic carbocycles. The van der Waals surface area contributed by atoms with E-state index in [9.17, 15) is 13.2 Å². The molecule has 0 unspecified atom stereocenters. The van der Waals surface area contributed by atoms with Crippen LogP contribution in [0.2, 0.25) is 0 Å². The van der Waals surface area contributed by atoms with E-state index in [4.69, 9.17) is 5.73 Å². The Hall–Kier alpha value is -2.19. The summed E-state index contributed by atoms with van der Waals surface area (Å²) in [4.78, 5) is 16.0. The average molecular weight is 308 g/mol. The molecule has 4 N–H and O–H groups in total. The lowest BCUT2D eigenvalue weighted by molar-refractivity contribution is 0.0949. The Morgan fingerprint density at radius 1 is 1.29 bits per heavy atom. The van der Waals surface area contributed by atoms with Crippen LogP contribution in [0.15, 0.2) is 30.3 Å². The second-order valence-electron chi connectivity index (χ2n) is 4.54. The summed E-state index contributed by atoms with van der Waals surface area (Å²) < 4.78 is 24.1. The molecule has 0 saturated carbocycles. The third kappa shape index (κ3) is 4.14. The van der Waals surface area contributed by atoms with Crippen LogP contribution in [0.1, 0.15) is 10.5 Å². The molecule has 0 radical (unpaired) electrons. The lowest BCUT2D eigenvalue weighted by Gasteiger charge is -2.07. The minimum Gasteiger partial charge on any atom is -0.383 e. The molecule has 2 rings (SSSR count). The maximum absolute atomic E-state index is 12.0. The molecule has 0 atom stereocenters. The number of nitrogens with zero attached hydrogens (tertiary/aromatic N) is 1. The number of hydrogen-bond acceptors (Lipinski definition) is 5. The van der Waals surface area contributed by atoms with Crippen molar-refractivity contribution < 1.29 is 13.2 Å². The van der Waals surface area contributed by atoms with Gasteiger partial charge in [0.15, 0.2) is 0 Å². The number of aromatic nitrogens is 1. The molecule has 0 saturated heterocycles. The van der Waals surface area contributed by atoms with E-state index in [-0.39, 0.29) is 24.6 Å². The highest BCUT2D eigenvalue weighted by molar-refractivity contribution is 7.88. The fourth-order valence-electron chi connectivity index (χ4n) is 1.85. The smallest absolute Gasteiger partial charge is 0.270 e. The van der Waals surface area contributed by atoms with E-state index in [1.807, 2.05) is 24.3 Å². The van der Waals surface area contributed by atoms with Gasteiger partial charge in [0.05, 0.1) is 6.26 Å². The average Bonchev–Trinajstić information content (AvgIpc) is 2.42. The monoisotopic (exact) mass is 308 g/mol. The van der Waals surface area contributed by atoms with E-state index < -0.39 is 15.9 Å². The third-order valence-electron chi connectivity index (χ3n) is 2.78. The van der Waals surface area contributed by atoms with E-state index in [0.29, 0.717) is 0 Å². The van der Waals surface area contributed by atoms with Gasteiger partial charge in [-0.3, -0.25) is 4.79 Å². The summed E-state index contributed by atoms with van der Waals surface area (Å²) in [6.45, 7) is 0.286. The molecule has 0 fully saturated rings. The number of fused-ring (bicyclic) bond motifs is 1. The van der Waals surface area contributed by atoms with Crippen LogP contribution in [0.3, 0.4) is 0 Å². The van der Waals surface area contributed by atoms with Gasteiger partial charge in [-0.15, -0.1) is 0 Å². The van der Waals surface area contributed by atoms with Crippen LogP contribution in [0.5, 0.6) is 0 Å². The van der Waals surface area contributed by atoms with Crippen LogP contribution < -0.4 is 15.8 Å². The first-order valence-corrected chi connectivity index (χ1v) is 8.14. The van der Waals surface area contributed by atoms with Crippen molar-refractivity contribution in [2.45, 2.75) is 0 Å². The molecule has 8 heteroatoms. The normalized spacial score (nSPS) is 11.5. The van der Waals surface area contributed by atoms with E-state index in [1.54, 1.807) is 6.07 Å². The Morgan fingerprint density at radius 3 is 2.71 bits per heavy atom. The Labute approximate surface area is 122 Å². The van der Waals surface area contributed by atoms with Gasteiger partial charge >= 0.3 is 0 Å². The molecule has 1 heterocycles. The van der Waals surface area contributed by atoms with Crippen molar-refractivity contribution in [3.8, 4) is 0 Å². The second kappa shape index (κ2) is 6.06. The van der Waals surface area contributed by atoms with Gasteiger partial charge in [0.25, 0.3) is 5.91 Å². The van der Waals surface area contributed by atoms with Crippen LogP contribution in [-0.2, 0) is 10.0 Å². The number of anilines is 1. The first-order valence-electron chi connectivity index (χ1n) is 6.25. The molecule has 7 nitrogen and oxygen atoms in total. The number of amides is 1. The summed E-state index contributed by atoms with van der Waals surface area (Å²) in [7, 11) is -3.26. The summed E-state index contributed by atoms with van der Waals surface area (Å²) in [5, 5.41) is 4.19. The zero-order valence-corrected chi connectivity index (χ0v) is 12.3. The maximum Gasteiger partial charge on any atom is 0.270 e. The van der Waals surface area contributed by atoms with E-state index >= 15 is 0 Å². The Morgan fingerprint density at radius 2 is 2.00 bits per heavy atom. The van der Waals surface area contributed by atoms with Crippen LogP contribution in [-0.4, -0.2) is 38.7 Å². The van der Waals surface area contributed by atoms with E-state index in [1.165, 1.54) is 0 Å². The summed E-state index contributed by atoms with van der Waals surface area (Å²) in [6, 6.07) is 9.01. The largest absolute Gasteiger partial charge is 0.383 e. The van der Waals surface area contributed by atoms with Crippen LogP contribution in [0, 0.1) is 0 Å². The van der Waals surface area contributed by atoms with Crippen molar-refractivity contribution in [3.63, 3.8) is 0 Å². The van der Waals surface area contributed by atoms with E-state index in [0.717, 1.165) is 17.0 Å². The Balaban J connectivity index is 2.06. The first-order chi connectivity index (χ1) is 9.87. The molecule has 0 aliphatic carbocycles. The summed E-state index contributed by atoms with van der Waals surface area (Å²) in [5.74, 6) is -0.115. The fourth-order valence-corrected chi connectivity index (χ4v) is 2.32. The van der Waals surface area contributed by atoms with Crippen LogP contribution >= 0.6 is 0 Å². The quantitative estimate of drug-likeness (QED) is 0.678. The fraction of sp³-hybridized carbons (Fsp3) is 0.231. The summed E-state index contributed by atoms with van der Waals surface area (Å²) in [5.41, 5.74) is 6.02. The van der Waals surface area contributed by atoms with Gasteiger partial charge in [0.1, 0.15) is 11.5 Å². The molecule has 0 spiro atoms. The predicted octanol–water partition coefficient (Wildman–Crippen LogP) is 0.0960. The summed E-state index contributed by atoms with van der Waals surface area (Å²) in [6.07, 6.45) is 1.06. The van der Waals surface area contributed by atoms with Gasteiger partial charge in [0.2, 0.25) is 10.0 Å². The van der Waals surface area contributed by atoms with Gasteiger partial charge in [-0.05, 0) is 11.5 Å². The number of sulfonamides is 1. The Kier molecular flexibility index (Phi) is 4.39. The van der Waals surface area contributed by atoms with Gasteiger partial charge in [-0.2, -0.15) is 0 Å². The van der Waals surface area contributed by atoms with Crippen molar-refractivity contribution in [2.75, 3.05) is 25.1 Å². The van der Waals surface area contributed by atoms with Crippen molar-refractivity contribution in [1.29, 1.82) is 0 Å². The molecule has 0 aliphatic rings. The molecule has 1 aromatic heterocycles. The Bertz CT molecular complexity index is 774. The molecular formula is C13H16N4O3S. The number of pyridine rings is 1. The minimum atomic E-state index is -3.26. The highest BCUT2D eigenvalue weighted by Gasteiger charge is 2.10. The molecule has 2 aromatic rings. The maximum atomic E-state index is 12.0. The van der Waals surface area contributed by atoms with Gasteiger partial charge in [0, 0.05) is 18.5 Å². The van der Waals surface area contributed by atoms with Crippen LogP contribution in [0.4, 0.5) is 5.82 Å². The number of hydrogen-bond donors (Lipinski definition) is 3. The number of carbonyl (C=O) groups is 1. The molecular weight excluding hydrogens is 292 g/mol. The van der Waals surface area contributed by atoms with Crippen molar-refractivity contribution in [1.82, 2.24) is 15.0 Å². The minimum absolute atomic E-state index is 0.119. The number of benzene rings is 1. The SMILES string of the molecule is CS(=O)(=O)NCCNC(=O)c1cc2ccccc2c(N)n1. The lowest BCUT2D eigenvalue weighted by atomic mass is 10.1. The zero-order chi connectivity index (χ0) is 15.5. The first kappa shape index (κ1) is 15.2. The highest BCUT2D eigenvalue weighted by atomic mass is 32.2. The molecule has 112 valence electrons. The van der Waals surface area contributed by atoms with Crippen molar-refractivity contribution >= 4 is 32.5 Å². The molecule has 21 heavy (non-hydrogen) atoms. The van der Waals surface area contributed by atoms with Gasteiger partial charge < -0.3 is 11.1 Å². The van der Waals surface area contributed by atoms with Crippen molar-refractivity contribution in [3.05, 3.63) is 36.0 Å². The number of nitrogens with one attached hydrogen (secondary N) is 2. The zero-order valence-electron chi connectivity index (χ0n) is 11.5. The number of carbonyl (C=O) groups excluding carboxylic acids is 1. The lowest BCUT2D eigenvalue weighted by Crippen LogP contribution is -2.34. The molecule has 0 bridgehead atoms. The number of rotatable bonds is 5. The number of nitrogen functional groups attached to an aromatic ring is 1. The third-order valence-corrected chi connectivity index (χ3v) is 3.51. The topological polar surface area (TPSA) is 114 Å². The molecule has 1 amide bonds. The summed E-state index contributed by atoms with van der Waals surface area (Å²) >= 11 is 0. The van der Waals surface area contributed by atoms with Crippen LogP contribution in [0.25, 0.3) is 10.8 Å². The second-order valence-corrected chi connectivity index (χ2v) is 6.37. The number of nitrogens with two attached hydrogens (primary N) is 1. The highest BCUT2D eigenvalue weighted by Crippen LogP contribution is 2.19. The standard InChI is InChI=1S/C13H16N4O3S/c1-21(19,20)16-7-6-15-13(18)11-8-9-4-2-3-5-10(9)12(14)17-11/h2-5,8,16H,6-7H2,1H3,(H2,14,17)(H,15,18). The van der Waals surface area contributed by atoms with Gasteiger partial charge in [-0.25, -0.2) is 18.1 Å². The van der Waals surface area contributed by atoms with E-state index in [2.05, 4.69) is 15.0 Å². The molecule has 0 aliphatic heterocycles. The van der Waals surface area contributed by atoms with Gasteiger partial charge in [-0.1, -0.05) is 24.3 Å². The van der Waals surface area contributed by atoms with Crippen molar-refractivity contribution in [2.24, 2.45) is 0 Å². The predicted molar refractivity (Wildman–Crippen MR) is 81.3 cm³/mol.